The van der Waals surface area contributed by atoms with Gasteiger partial charge in [0.2, 0.25) is 0 Å². The monoisotopic (exact) mass is 278 g/mol. The molecule has 0 rings (SSSR count). The number of hydrogen-bond acceptors (Lipinski definition) is 0. The van der Waals surface area contributed by atoms with Crippen molar-refractivity contribution in [3.63, 3.8) is 0 Å². The van der Waals surface area contributed by atoms with Crippen molar-refractivity contribution in [2.45, 2.75) is 0 Å². The summed E-state index contributed by atoms with van der Waals surface area (Å²) < 4.78 is 0. The van der Waals surface area contributed by atoms with Crippen molar-refractivity contribution >= 4 is 48.7 Å². The average Bonchev–Trinajstić information content (AvgIpc) is 0. The Bertz CT molecular complexity index is 8.49. The van der Waals surface area contributed by atoms with Gasteiger partial charge < -0.3 is 74.4 Å². The topological polar surface area (TPSA) is 0 Å². The molecule has 8 heavy (non-hydrogen) atoms. The van der Waals surface area contributed by atoms with E-state index in [-0.39, 0.29) is 123 Å². The van der Waals surface area contributed by atoms with E-state index >= 15 is 0 Å². The molecule has 0 saturated carbocycles. The van der Waals surface area contributed by atoms with Crippen LogP contribution in [0.15, 0.2) is 0 Å². The van der Waals surface area contributed by atoms with Crippen molar-refractivity contribution in [1.29, 1.82) is 0 Å². The van der Waals surface area contributed by atoms with Gasteiger partial charge in [0.1, 0.15) is 0 Å². The standard InChI is InChI=1S/Ca.6ClH.Si/h;6*1H;/q+2;;;;;;;+4/p-6. The number of rotatable bonds is 0. The Kier molecular flexibility index (Phi) is 1190. The van der Waals surface area contributed by atoms with Gasteiger partial charge in [0.15, 0.2) is 0 Å². The summed E-state index contributed by atoms with van der Waals surface area (Å²) in [5.41, 5.74) is 0. The van der Waals surface area contributed by atoms with E-state index in [9.17, 15) is 0 Å². The summed E-state index contributed by atoms with van der Waals surface area (Å²) in [6, 6.07) is 0. The van der Waals surface area contributed by atoms with E-state index in [1.54, 1.807) is 0 Å². The molecule has 0 aromatic rings. The fraction of sp³-hybridized carbons (Fsp3) is 0. The van der Waals surface area contributed by atoms with Gasteiger partial charge in [-0.15, -0.1) is 0 Å². The molecule has 0 saturated heterocycles. The molecule has 0 aromatic heterocycles. The summed E-state index contributed by atoms with van der Waals surface area (Å²) in [6.45, 7) is 0. The molecule has 0 bridgehead atoms. The molecule has 0 heterocycles. The molecule has 0 unspecified atom stereocenters. The zero-order valence-corrected chi connectivity index (χ0v) is 11.2. The first-order valence-electron chi connectivity index (χ1n) is 0. The SMILES string of the molecule is [Ca+2].[Cl-].[Cl-].[Cl-].[Cl-].[Cl-].[Cl-].[Si+4]. The molecule has 48 valence electrons. The van der Waals surface area contributed by atoms with Crippen LogP contribution in [0.25, 0.3) is 0 Å². The van der Waals surface area contributed by atoms with Crippen LogP contribution in [0.3, 0.4) is 0 Å². The minimum atomic E-state index is 0. The van der Waals surface area contributed by atoms with E-state index in [4.69, 9.17) is 0 Å². The van der Waals surface area contributed by atoms with Crippen molar-refractivity contribution in [1.82, 2.24) is 0 Å². The fourth-order valence-electron chi connectivity index (χ4n) is 0. The van der Waals surface area contributed by atoms with Crippen LogP contribution in [-0.2, 0) is 0 Å². The Morgan fingerprint density at radius 1 is 0.375 bits per heavy atom. The van der Waals surface area contributed by atoms with Crippen LogP contribution >= 0.6 is 0 Å². The normalized spacial score (nSPS) is 0. The summed E-state index contributed by atoms with van der Waals surface area (Å²) in [5.74, 6) is 0. The molecule has 0 radical (unpaired) electrons. The van der Waals surface area contributed by atoms with Crippen LogP contribution in [0.2, 0.25) is 0 Å². The zero-order chi connectivity index (χ0) is 0. The van der Waals surface area contributed by atoms with Crippen molar-refractivity contribution in [2.24, 2.45) is 0 Å². The smallest absolute Gasteiger partial charge is 1.00 e. The summed E-state index contributed by atoms with van der Waals surface area (Å²) in [7, 11) is 0. The molecule has 0 atom stereocenters. The summed E-state index contributed by atoms with van der Waals surface area (Å²) >= 11 is 0. The van der Waals surface area contributed by atoms with Gasteiger partial charge in [0, 0.05) is 0 Å². The van der Waals surface area contributed by atoms with Gasteiger partial charge in [-0.25, -0.2) is 0 Å². The van der Waals surface area contributed by atoms with E-state index in [1.165, 1.54) is 0 Å². The third-order valence-corrected chi connectivity index (χ3v) is 0. The van der Waals surface area contributed by atoms with Crippen LogP contribution < -0.4 is 74.4 Å². The van der Waals surface area contributed by atoms with Crippen molar-refractivity contribution < 1.29 is 74.4 Å². The van der Waals surface area contributed by atoms with Gasteiger partial charge in [0.05, 0.1) is 0 Å². The van der Waals surface area contributed by atoms with Gasteiger partial charge in [-0.3, -0.25) is 0 Å². The molecule has 0 spiro atoms. The Labute approximate surface area is 121 Å². The van der Waals surface area contributed by atoms with Gasteiger partial charge in [-0.1, -0.05) is 0 Å². The van der Waals surface area contributed by atoms with Gasteiger partial charge in [-0.2, -0.15) is 0 Å². The molecule has 0 nitrogen and oxygen atoms in total. The predicted molar refractivity (Wildman–Crippen MR) is 11.5 cm³/mol. The molecular formula is CaCl6Si. The molecular weight excluding hydrogens is 281 g/mol. The first-order valence-corrected chi connectivity index (χ1v) is 0. The molecule has 0 aromatic carbocycles. The third-order valence-electron chi connectivity index (χ3n) is 0. The zero-order valence-electron chi connectivity index (χ0n) is 3.47. The van der Waals surface area contributed by atoms with E-state index in [0.29, 0.717) is 0 Å². The van der Waals surface area contributed by atoms with Crippen LogP contribution in [0.1, 0.15) is 0 Å². The van der Waals surface area contributed by atoms with Crippen molar-refractivity contribution in [3.05, 3.63) is 0 Å². The summed E-state index contributed by atoms with van der Waals surface area (Å²) in [5, 5.41) is 0. The minimum absolute atomic E-state index is 0. The van der Waals surface area contributed by atoms with Crippen LogP contribution in [0, 0.1) is 0 Å². The molecule has 0 aliphatic heterocycles. The maximum atomic E-state index is 0. The van der Waals surface area contributed by atoms with Crippen LogP contribution in [0.5, 0.6) is 0 Å². The maximum Gasteiger partial charge on any atom is 4.00 e. The third kappa shape index (κ3) is 60.1. The summed E-state index contributed by atoms with van der Waals surface area (Å²) in [4.78, 5) is 0. The largest absolute Gasteiger partial charge is 4.00 e. The Balaban J connectivity index is 0. The Morgan fingerprint density at radius 3 is 0.375 bits per heavy atom. The van der Waals surface area contributed by atoms with E-state index in [0.717, 1.165) is 0 Å². The number of halogens is 6. The molecule has 0 aliphatic rings. The van der Waals surface area contributed by atoms with Gasteiger partial charge in [0.25, 0.3) is 0 Å². The van der Waals surface area contributed by atoms with E-state index < -0.39 is 0 Å². The molecule has 0 fully saturated rings. The van der Waals surface area contributed by atoms with E-state index in [1.807, 2.05) is 0 Å². The first-order chi connectivity index (χ1) is 0. The maximum absolute atomic E-state index is 0. The van der Waals surface area contributed by atoms with Crippen molar-refractivity contribution in [2.75, 3.05) is 0 Å². The summed E-state index contributed by atoms with van der Waals surface area (Å²) in [6.07, 6.45) is 0. The quantitative estimate of drug-likeness (QED) is 0.387. The Hall–Kier alpha value is 3.22. The van der Waals surface area contributed by atoms with Gasteiger partial charge in [-0.05, 0) is 0 Å². The van der Waals surface area contributed by atoms with Gasteiger partial charge >= 0.3 is 48.7 Å². The molecule has 0 aliphatic carbocycles. The van der Waals surface area contributed by atoms with Crippen LogP contribution in [0.4, 0.5) is 0 Å². The Morgan fingerprint density at radius 2 is 0.375 bits per heavy atom. The molecule has 8 heteroatoms. The number of hydrogen-bond donors (Lipinski definition) is 0. The second-order valence-corrected chi connectivity index (χ2v) is 0. The molecule has 0 N–H and O–H groups in total. The average molecular weight is 281 g/mol. The molecule has 0 amide bonds. The predicted octanol–water partition coefficient (Wildman–Crippen LogP) is -18.7. The second-order valence-electron chi connectivity index (χ2n) is 0. The van der Waals surface area contributed by atoms with Crippen LogP contribution in [-0.4, -0.2) is 48.7 Å². The fourth-order valence-corrected chi connectivity index (χ4v) is 0. The first kappa shape index (κ1) is 113. The van der Waals surface area contributed by atoms with E-state index in [2.05, 4.69) is 0 Å². The second kappa shape index (κ2) is 83.9. The van der Waals surface area contributed by atoms with Crippen molar-refractivity contribution in [3.8, 4) is 0 Å². The minimum Gasteiger partial charge on any atom is -1.00 e.